The van der Waals surface area contributed by atoms with E-state index in [-0.39, 0.29) is 12.5 Å². The van der Waals surface area contributed by atoms with Crippen LogP contribution in [0.5, 0.6) is 0 Å². The molecule has 0 saturated heterocycles. The predicted octanol–water partition coefficient (Wildman–Crippen LogP) is 3.64. The molecule has 5 heteroatoms. The highest BCUT2D eigenvalue weighted by Crippen LogP contribution is 2.29. The van der Waals surface area contributed by atoms with Crippen LogP contribution in [0.25, 0.3) is 0 Å². The first-order valence-electron chi connectivity index (χ1n) is 5.96. The van der Waals surface area contributed by atoms with Crippen molar-refractivity contribution >= 4 is 5.91 Å². The molecule has 0 aromatic heterocycles. The highest BCUT2D eigenvalue weighted by Gasteiger charge is 2.30. The van der Waals surface area contributed by atoms with E-state index in [1.807, 2.05) is 0 Å². The van der Waals surface area contributed by atoms with Crippen LogP contribution in [0.2, 0.25) is 0 Å². The Morgan fingerprint density at radius 2 is 1.70 bits per heavy atom. The Morgan fingerprint density at radius 1 is 1.00 bits per heavy atom. The summed E-state index contributed by atoms with van der Waals surface area (Å²) in [6.45, 7) is 0.0532. The number of hydrogen-bond acceptors (Lipinski definition) is 1. The van der Waals surface area contributed by atoms with Crippen LogP contribution in [0, 0.1) is 0 Å². The van der Waals surface area contributed by atoms with Crippen molar-refractivity contribution in [1.82, 2.24) is 5.32 Å². The molecule has 20 heavy (non-hydrogen) atoms. The molecule has 0 heterocycles. The van der Waals surface area contributed by atoms with Gasteiger partial charge < -0.3 is 5.32 Å². The Morgan fingerprint density at radius 3 is 2.35 bits per heavy atom. The van der Waals surface area contributed by atoms with Crippen molar-refractivity contribution in [3.63, 3.8) is 0 Å². The maximum absolute atomic E-state index is 12.5. The van der Waals surface area contributed by atoms with Crippen molar-refractivity contribution in [2.45, 2.75) is 12.7 Å². The number of nitrogens with one attached hydrogen (secondary N) is 1. The minimum Gasteiger partial charge on any atom is -0.348 e. The standard InChI is InChI=1S/C15H12F3NO/c16-15(17,18)13-8-4-5-11(9-13)10-19-14(20)12-6-2-1-3-7-12/h1-9H,10H2,(H,19,20). The summed E-state index contributed by atoms with van der Waals surface area (Å²) >= 11 is 0. The molecule has 0 bridgehead atoms. The average molecular weight is 279 g/mol. The zero-order valence-electron chi connectivity index (χ0n) is 10.4. The number of alkyl halides is 3. The van der Waals surface area contributed by atoms with Crippen molar-refractivity contribution in [1.29, 1.82) is 0 Å². The van der Waals surface area contributed by atoms with E-state index in [1.54, 1.807) is 36.4 Å². The van der Waals surface area contributed by atoms with Gasteiger partial charge in [-0.1, -0.05) is 30.3 Å². The fourth-order valence-electron chi connectivity index (χ4n) is 1.73. The van der Waals surface area contributed by atoms with Gasteiger partial charge in [-0.25, -0.2) is 0 Å². The molecular weight excluding hydrogens is 267 g/mol. The van der Waals surface area contributed by atoms with Gasteiger partial charge >= 0.3 is 6.18 Å². The molecule has 0 unspecified atom stereocenters. The summed E-state index contributed by atoms with van der Waals surface area (Å²) in [4.78, 5) is 11.8. The molecule has 2 rings (SSSR count). The molecule has 0 aliphatic carbocycles. The maximum Gasteiger partial charge on any atom is 0.416 e. The molecule has 2 aromatic rings. The summed E-state index contributed by atoms with van der Waals surface area (Å²) in [6.07, 6.45) is -4.38. The number of amides is 1. The molecular formula is C15H12F3NO. The number of carbonyl (C=O) groups is 1. The van der Waals surface area contributed by atoms with Crippen LogP contribution in [0.4, 0.5) is 13.2 Å². The third-order valence-electron chi connectivity index (χ3n) is 2.74. The maximum atomic E-state index is 12.5. The zero-order chi connectivity index (χ0) is 14.6. The topological polar surface area (TPSA) is 29.1 Å². The summed E-state index contributed by atoms with van der Waals surface area (Å²) in [5.41, 5.74) is 0.160. The molecule has 0 fully saturated rings. The Balaban J connectivity index is 2.03. The largest absolute Gasteiger partial charge is 0.416 e. The first-order chi connectivity index (χ1) is 9.47. The van der Waals surface area contributed by atoms with E-state index >= 15 is 0 Å². The molecule has 2 aromatic carbocycles. The normalized spacial score (nSPS) is 11.2. The lowest BCUT2D eigenvalue weighted by atomic mass is 10.1. The fourth-order valence-corrected chi connectivity index (χ4v) is 1.73. The number of rotatable bonds is 3. The monoisotopic (exact) mass is 279 g/mol. The van der Waals surface area contributed by atoms with Gasteiger partial charge in [-0.3, -0.25) is 4.79 Å². The van der Waals surface area contributed by atoms with Gasteiger partial charge in [0.05, 0.1) is 5.56 Å². The van der Waals surface area contributed by atoms with E-state index in [2.05, 4.69) is 5.32 Å². The molecule has 104 valence electrons. The minimum absolute atomic E-state index is 0.0532. The van der Waals surface area contributed by atoms with Crippen LogP contribution in [0.1, 0.15) is 21.5 Å². The summed E-state index contributed by atoms with van der Waals surface area (Å²) < 4.78 is 37.6. The summed E-state index contributed by atoms with van der Waals surface area (Å²) in [6, 6.07) is 13.4. The van der Waals surface area contributed by atoms with E-state index < -0.39 is 11.7 Å². The van der Waals surface area contributed by atoms with Gasteiger partial charge in [0.25, 0.3) is 5.91 Å². The first kappa shape index (κ1) is 14.1. The van der Waals surface area contributed by atoms with E-state index in [0.717, 1.165) is 12.1 Å². The summed E-state index contributed by atoms with van der Waals surface area (Å²) in [5.74, 6) is -0.317. The van der Waals surface area contributed by atoms with Crippen molar-refractivity contribution < 1.29 is 18.0 Å². The van der Waals surface area contributed by atoms with E-state index in [0.29, 0.717) is 11.1 Å². The predicted molar refractivity (Wildman–Crippen MR) is 69.1 cm³/mol. The molecule has 1 N–H and O–H groups in total. The van der Waals surface area contributed by atoms with Crippen LogP contribution in [0.3, 0.4) is 0 Å². The van der Waals surface area contributed by atoms with E-state index in [4.69, 9.17) is 0 Å². The smallest absolute Gasteiger partial charge is 0.348 e. The Bertz CT molecular complexity index is 594. The fraction of sp³-hybridized carbons (Fsp3) is 0.133. The molecule has 0 spiro atoms. The van der Waals surface area contributed by atoms with Gasteiger partial charge in [-0.15, -0.1) is 0 Å². The Hall–Kier alpha value is -2.30. The van der Waals surface area contributed by atoms with Crippen molar-refractivity contribution in [2.24, 2.45) is 0 Å². The molecule has 0 saturated carbocycles. The first-order valence-corrected chi connectivity index (χ1v) is 5.96. The second kappa shape index (κ2) is 5.77. The molecule has 0 aliphatic heterocycles. The van der Waals surface area contributed by atoms with Crippen molar-refractivity contribution in [2.75, 3.05) is 0 Å². The van der Waals surface area contributed by atoms with Crippen molar-refractivity contribution in [3.05, 3.63) is 71.3 Å². The number of benzene rings is 2. The summed E-state index contributed by atoms with van der Waals surface area (Å²) in [7, 11) is 0. The SMILES string of the molecule is O=C(NCc1cccc(C(F)(F)F)c1)c1ccccc1. The van der Waals surface area contributed by atoms with Gasteiger partial charge in [-0.05, 0) is 29.8 Å². The quantitative estimate of drug-likeness (QED) is 0.913. The van der Waals surface area contributed by atoms with E-state index in [9.17, 15) is 18.0 Å². The highest BCUT2D eigenvalue weighted by molar-refractivity contribution is 5.94. The van der Waals surface area contributed by atoms with Gasteiger partial charge in [0.2, 0.25) is 0 Å². The number of carbonyl (C=O) groups excluding carboxylic acids is 1. The van der Waals surface area contributed by atoms with Gasteiger partial charge in [0, 0.05) is 12.1 Å². The lowest BCUT2D eigenvalue weighted by Gasteiger charge is -2.09. The second-order valence-electron chi connectivity index (χ2n) is 4.25. The Kier molecular flexibility index (Phi) is 4.08. The van der Waals surface area contributed by atoms with Gasteiger partial charge in [-0.2, -0.15) is 13.2 Å². The number of halogens is 3. The molecule has 2 nitrogen and oxygen atoms in total. The third kappa shape index (κ3) is 3.60. The zero-order valence-corrected chi connectivity index (χ0v) is 10.4. The molecule has 0 aliphatic rings. The lowest BCUT2D eigenvalue weighted by Crippen LogP contribution is -2.22. The van der Waals surface area contributed by atoms with Crippen LogP contribution in [0.15, 0.2) is 54.6 Å². The van der Waals surface area contributed by atoms with Crippen molar-refractivity contribution in [3.8, 4) is 0 Å². The number of hydrogen-bond donors (Lipinski definition) is 1. The van der Waals surface area contributed by atoms with Gasteiger partial charge in [0.15, 0.2) is 0 Å². The van der Waals surface area contributed by atoms with Gasteiger partial charge in [0.1, 0.15) is 0 Å². The second-order valence-corrected chi connectivity index (χ2v) is 4.25. The van der Waals surface area contributed by atoms with Crippen LogP contribution >= 0.6 is 0 Å². The Labute approximate surface area is 114 Å². The molecule has 1 amide bonds. The molecule has 0 atom stereocenters. The lowest BCUT2D eigenvalue weighted by molar-refractivity contribution is -0.137. The van der Waals surface area contributed by atoms with Crippen LogP contribution < -0.4 is 5.32 Å². The van der Waals surface area contributed by atoms with Crippen LogP contribution in [-0.4, -0.2) is 5.91 Å². The van der Waals surface area contributed by atoms with Crippen LogP contribution in [-0.2, 0) is 12.7 Å². The van der Waals surface area contributed by atoms with E-state index in [1.165, 1.54) is 6.07 Å². The molecule has 0 radical (unpaired) electrons. The summed E-state index contributed by atoms with van der Waals surface area (Å²) in [5, 5.41) is 2.59. The third-order valence-corrected chi connectivity index (χ3v) is 2.74. The highest BCUT2D eigenvalue weighted by atomic mass is 19.4. The average Bonchev–Trinajstić information content (AvgIpc) is 2.45. The minimum atomic E-state index is -4.38.